The number of aliphatic hydroxyl groups is 1. The number of benzene rings is 1. The summed E-state index contributed by atoms with van der Waals surface area (Å²) in [6.07, 6.45) is 0. The average Bonchev–Trinajstić information content (AvgIpc) is 3.16. The van der Waals surface area contributed by atoms with Crippen LogP contribution in [-0.4, -0.2) is 42.0 Å². The minimum absolute atomic E-state index is 0.0417. The molecule has 1 aliphatic rings. The molecule has 1 aromatic heterocycles. The standard InChI is InChI=1S/C19H17Cl2NO4S/c1-10-5-8-27-18(10)15-14(17(24)19(25)22(15)6-7-26-2)16(23)11-3-4-12(20)13(21)9-11/h3-5,8-9,15,23H,6-7H2,1-2H3/b16-14-. The Morgan fingerprint density at radius 3 is 2.59 bits per heavy atom. The Kier molecular flexibility index (Phi) is 5.91. The molecule has 1 aliphatic heterocycles. The summed E-state index contributed by atoms with van der Waals surface area (Å²) in [4.78, 5) is 27.7. The summed E-state index contributed by atoms with van der Waals surface area (Å²) in [5, 5.41) is 13.3. The quantitative estimate of drug-likeness (QED) is 0.437. The van der Waals surface area contributed by atoms with Crippen LogP contribution in [0.15, 0.2) is 35.2 Å². The van der Waals surface area contributed by atoms with E-state index in [9.17, 15) is 14.7 Å². The number of hydrogen-bond acceptors (Lipinski definition) is 5. The molecule has 0 spiro atoms. The van der Waals surface area contributed by atoms with E-state index >= 15 is 0 Å². The van der Waals surface area contributed by atoms with Crippen molar-refractivity contribution in [1.29, 1.82) is 0 Å². The van der Waals surface area contributed by atoms with Crippen LogP contribution in [-0.2, 0) is 14.3 Å². The minimum Gasteiger partial charge on any atom is -0.507 e. The Morgan fingerprint density at radius 1 is 1.26 bits per heavy atom. The number of thiophene rings is 1. The average molecular weight is 426 g/mol. The molecule has 0 bridgehead atoms. The Labute approximate surface area is 170 Å². The first-order valence-corrected chi connectivity index (χ1v) is 9.77. The van der Waals surface area contributed by atoms with Crippen LogP contribution in [0.3, 0.4) is 0 Å². The summed E-state index contributed by atoms with van der Waals surface area (Å²) in [6.45, 7) is 2.42. The molecule has 142 valence electrons. The van der Waals surface area contributed by atoms with Gasteiger partial charge in [0.25, 0.3) is 11.7 Å². The maximum Gasteiger partial charge on any atom is 0.295 e. The third-order valence-electron chi connectivity index (χ3n) is 4.42. The number of rotatable bonds is 5. The molecule has 1 N–H and O–H groups in total. The van der Waals surface area contributed by atoms with E-state index in [4.69, 9.17) is 27.9 Å². The third-order valence-corrected chi connectivity index (χ3v) is 6.23. The maximum atomic E-state index is 12.8. The summed E-state index contributed by atoms with van der Waals surface area (Å²) in [6, 6.07) is 5.81. The molecule has 27 heavy (non-hydrogen) atoms. The van der Waals surface area contributed by atoms with E-state index in [1.807, 2.05) is 18.4 Å². The van der Waals surface area contributed by atoms with Crippen LogP contribution < -0.4 is 0 Å². The van der Waals surface area contributed by atoms with Crippen LogP contribution >= 0.6 is 34.5 Å². The van der Waals surface area contributed by atoms with Crippen molar-refractivity contribution in [3.8, 4) is 0 Å². The van der Waals surface area contributed by atoms with Gasteiger partial charge in [-0.3, -0.25) is 9.59 Å². The van der Waals surface area contributed by atoms with Crippen molar-refractivity contribution in [2.24, 2.45) is 0 Å². The zero-order chi connectivity index (χ0) is 19.7. The van der Waals surface area contributed by atoms with Crippen LogP contribution in [0.5, 0.6) is 0 Å². The Hall–Kier alpha value is -1.86. The van der Waals surface area contributed by atoms with E-state index in [1.54, 1.807) is 6.07 Å². The van der Waals surface area contributed by atoms with Crippen LogP contribution in [0, 0.1) is 6.92 Å². The van der Waals surface area contributed by atoms with Gasteiger partial charge < -0.3 is 14.7 Å². The topological polar surface area (TPSA) is 66.8 Å². The van der Waals surface area contributed by atoms with Crippen molar-refractivity contribution < 1.29 is 19.4 Å². The third kappa shape index (κ3) is 3.62. The monoisotopic (exact) mass is 425 g/mol. The second kappa shape index (κ2) is 8.02. The number of hydrogen-bond donors (Lipinski definition) is 1. The zero-order valence-corrected chi connectivity index (χ0v) is 17.0. The maximum absolute atomic E-state index is 12.8. The fourth-order valence-electron chi connectivity index (χ4n) is 3.04. The molecule has 1 fully saturated rings. The summed E-state index contributed by atoms with van der Waals surface area (Å²) in [5.41, 5.74) is 1.31. The number of aryl methyl sites for hydroxylation is 1. The molecule has 0 saturated carbocycles. The normalized spacial score (nSPS) is 19.1. The minimum atomic E-state index is -0.729. The van der Waals surface area contributed by atoms with Gasteiger partial charge in [0.15, 0.2) is 0 Å². The number of Topliss-reactive ketones (excluding diaryl/α,β-unsaturated/α-hetero) is 1. The molecule has 0 radical (unpaired) electrons. The van der Waals surface area contributed by atoms with Gasteiger partial charge in [-0.15, -0.1) is 11.3 Å². The van der Waals surface area contributed by atoms with Crippen molar-refractivity contribution in [2.75, 3.05) is 20.3 Å². The molecular weight excluding hydrogens is 409 g/mol. The smallest absolute Gasteiger partial charge is 0.295 e. The molecule has 8 heteroatoms. The van der Waals surface area contributed by atoms with Gasteiger partial charge in [-0.25, -0.2) is 0 Å². The fourth-order valence-corrected chi connectivity index (χ4v) is 4.38. The molecule has 3 rings (SSSR count). The lowest BCUT2D eigenvalue weighted by Crippen LogP contribution is -2.32. The Bertz CT molecular complexity index is 938. The summed E-state index contributed by atoms with van der Waals surface area (Å²) < 4.78 is 5.08. The van der Waals surface area contributed by atoms with Gasteiger partial charge >= 0.3 is 0 Å². The first-order chi connectivity index (χ1) is 12.9. The van der Waals surface area contributed by atoms with E-state index in [-0.39, 0.29) is 29.5 Å². The molecule has 2 aromatic rings. The number of aliphatic hydroxyl groups excluding tert-OH is 1. The predicted molar refractivity (Wildman–Crippen MR) is 106 cm³/mol. The molecule has 0 aliphatic carbocycles. The van der Waals surface area contributed by atoms with Gasteiger partial charge in [0.05, 0.1) is 28.3 Å². The predicted octanol–water partition coefficient (Wildman–Crippen LogP) is 4.43. The van der Waals surface area contributed by atoms with Gasteiger partial charge in [0.2, 0.25) is 0 Å². The summed E-state index contributed by atoms with van der Waals surface area (Å²) in [7, 11) is 1.53. The van der Waals surface area contributed by atoms with Gasteiger partial charge in [-0.2, -0.15) is 0 Å². The highest BCUT2D eigenvalue weighted by Crippen LogP contribution is 2.42. The largest absolute Gasteiger partial charge is 0.507 e. The zero-order valence-electron chi connectivity index (χ0n) is 14.7. The van der Waals surface area contributed by atoms with Crippen molar-refractivity contribution >= 4 is 52.0 Å². The van der Waals surface area contributed by atoms with E-state index in [2.05, 4.69) is 0 Å². The van der Waals surface area contributed by atoms with Crippen LogP contribution in [0.4, 0.5) is 0 Å². The second-order valence-electron chi connectivity index (χ2n) is 6.08. The molecule has 1 atom stereocenters. The highest BCUT2D eigenvalue weighted by Gasteiger charge is 2.46. The number of likely N-dealkylation sites (tertiary alicyclic amines) is 1. The number of methoxy groups -OCH3 is 1. The SMILES string of the molecule is COCCN1C(=O)C(=O)/C(=C(\O)c2ccc(Cl)c(Cl)c2)C1c1sccc1C. The Balaban J connectivity index is 2.18. The van der Waals surface area contributed by atoms with Gasteiger partial charge in [-0.1, -0.05) is 23.2 Å². The number of ether oxygens (including phenoxy) is 1. The van der Waals surface area contributed by atoms with Gasteiger partial charge in [-0.05, 0) is 42.1 Å². The molecule has 2 heterocycles. The lowest BCUT2D eigenvalue weighted by atomic mass is 9.98. The van der Waals surface area contributed by atoms with Gasteiger partial charge in [0.1, 0.15) is 5.76 Å². The van der Waals surface area contributed by atoms with E-state index in [0.29, 0.717) is 10.6 Å². The van der Waals surface area contributed by atoms with Crippen molar-refractivity contribution in [3.63, 3.8) is 0 Å². The lowest BCUT2D eigenvalue weighted by molar-refractivity contribution is -0.140. The molecule has 1 unspecified atom stereocenters. The van der Waals surface area contributed by atoms with Crippen LogP contribution in [0.2, 0.25) is 10.0 Å². The molecule has 5 nitrogen and oxygen atoms in total. The summed E-state index contributed by atoms with van der Waals surface area (Å²) in [5.74, 6) is -1.66. The van der Waals surface area contributed by atoms with Crippen molar-refractivity contribution in [2.45, 2.75) is 13.0 Å². The number of amides is 1. The van der Waals surface area contributed by atoms with Crippen LogP contribution in [0.1, 0.15) is 22.0 Å². The fraction of sp³-hybridized carbons (Fsp3) is 0.263. The number of nitrogens with zero attached hydrogens (tertiary/aromatic N) is 1. The first kappa shape index (κ1) is 19.9. The highest BCUT2D eigenvalue weighted by molar-refractivity contribution is 7.10. The van der Waals surface area contributed by atoms with Crippen molar-refractivity contribution in [1.82, 2.24) is 4.90 Å². The van der Waals surface area contributed by atoms with E-state index in [0.717, 1.165) is 10.4 Å². The second-order valence-corrected chi connectivity index (χ2v) is 7.84. The van der Waals surface area contributed by atoms with E-state index < -0.39 is 17.7 Å². The molecule has 1 aromatic carbocycles. The molecule has 1 saturated heterocycles. The molecule has 1 amide bonds. The number of carbonyl (C=O) groups excluding carboxylic acids is 2. The Morgan fingerprint density at radius 2 is 2.00 bits per heavy atom. The van der Waals surface area contributed by atoms with Gasteiger partial charge in [0, 0.05) is 24.1 Å². The van der Waals surface area contributed by atoms with Crippen molar-refractivity contribution in [3.05, 3.63) is 61.3 Å². The lowest BCUT2D eigenvalue weighted by Gasteiger charge is -2.24. The highest BCUT2D eigenvalue weighted by atomic mass is 35.5. The first-order valence-electron chi connectivity index (χ1n) is 8.13. The summed E-state index contributed by atoms with van der Waals surface area (Å²) >= 11 is 13.4. The molecular formula is C19H17Cl2NO4S. The number of carbonyl (C=O) groups is 2. The van der Waals surface area contributed by atoms with Crippen LogP contribution in [0.25, 0.3) is 5.76 Å². The number of ketones is 1. The number of halogens is 2. The van der Waals surface area contributed by atoms with E-state index in [1.165, 1.54) is 35.5 Å².